The zero-order valence-corrected chi connectivity index (χ0v) is 13.1. The molecule has 20 heavy (non-hydrogen) atoms. The fourth-order valence-electron chi connectivity index (χ4n) is 2.53. The van der Waals surface area contributed by atoms with Crippen LogP contribution in [-0.4, -0.2) is 19.3 Å². The maximum atomic E-state index is 12.6. The molecule has 1 saturated carbocycles. The van der Waals surface area contributed by atoms with Crippen molar-refractivity contribution < 1.29 is 17.9 Å². The van der Waals surface area contributed by atoms with Gasteiger partial charge in [-0.05, 0) is 40.5 Å². The molecule has 0 amide bonds. The molecule has 0 radical (unpaired) electrons. The highest BCUT2D eigenvalue weighted by Crippen LogP contribution is 2.45. The lowest BCUT2D eigenvalue weighted by atomic mass is 9.64. The summed E-state index contributed by atoms with van der Waals surface area (Å²) in [4.78, 5) is 0. The minimum Gasteiger partial charge on any atom is -0.381 e. The van der Waals surface area contributed by atoms with E-state index < -0.39 is 11.7 Å². The van der Waals surface area contributed by atoms with Crippen LogP contribution in [-0.2, 0) is 10.9 Å². The van der Waals surface area contributed by atoms with E-state index in [2.05, 4.69) is 35.1 Å². The van der Waals surface area contributed by atoms with Gasteiger partial charge in [0.1, 0.15) is 0 Å². The smallest absolute Gasteiger partial charge is 0.381 e. The molecule has 0 aliphatic heterocycles. The van der Waals surface area contributed by atoms with Gasteiger partial charge in [-0.2, -0.15) is 13.2 Å². The van der Waals surface area contributed by atoms with E-state index >= 15 is 0 Å². The van der Waals surface area contributed by atoms with Gasteiger partial charge < -0.3 is 10.1 Å². The molecule has 1 aromatic carbocycles. The molecule has 2 atom stereocenters. The van der Waals surface area contributed by atoms with Crippen LogP contribution in [0.15, 0.2) is 22.7 Å². The Morgan fingerprint density at radius 1 is 1.35 bits per heavy atom. The van der Waals surface area contributed by atoms with Crippen LogP contribution in [0, 0.1) is 5.41 Å². The number of halogens is 4. The molecular formula is C14H17BrF3NO. The maximum Gasteiger partial charge on any atom is 0.416 e. The highest BCUT2D eigenvalue weighted by atomic mass is 79.9. The van der Waals surface area contributed by atoms with Crippen molar-refractivity contribution >= 4 is 21.6 Å². The normalized spacial score (nSPS) is 25.1. The number of methoxy groups -OCH3 is 1. The van der Waals surface area contributed by atoms with Gasteiger partial charge in [0, 0.05) is 28.7 Å². The van der Waals surface area contributed by atoms with E-state index in [4.69, 9.17) is 4.74 Å². The quantitative estimate of drug-likeness (QED) is 0.852. The summed E-state index contributed by atoms with van der Waals surface area (Å²) in [5.74, 6) is 0. The van der Waals surface area contributed by atoms with Gasteiger partial charge in [-0.1, -0.05) is 13.8 Å². The summed E-state index contributed by atoms with van der Waals surface area (Å²) in [5, 5.41) is 3.29. The van der Waals surface area contributed by atoms with Crippen molar-refractivity contribution in [1.29, 1.82) is 0 Å². The summed E-state index contributed by atoms with van der Waals surface area (Å²) < 4.78 is 43.6. The Labute approximate surface area is 124 Å². The van der Waals surface area contributed by atoms with Crippen LogP contribution in [0.1, 0.15) is 25.8 Å². The first-order chi connectivity index (χ1) is 9.16. The zero-order chi connectivity index (χ0) is 15.1. The largest absolute Gasteiger partial charge is 0.416 e. The van der Waals surface area contributed by atoms with Crippen LogP contribution in [0.3, 0.4) is 0 Å². The summed E-state index contributed by atoms with van der Waals surface area (Å²) in [6, 6.07) is 3.83. The van der Waals surface area contributed by atoms with E-state index in [1.807, 2.05) is 0 Å². The zero-order valence-electron chi connectivity index (χ0n) is 11.5. The van der Waals surface area contributed by atoms with Crippen molar-refractivity contribution in [3.05, 3.63) is 28.2 Å². The number of hydrogen-bond donors (Lipinski definition) is 1. The molecule has 0 bridgehead atoms. The molecule has 2 rings (SSSR count). The number of anilines is 1. The van der Waals surface area contributed by atoms with Crippen LogP contribution in [0.4, 0.5) is 18.9 Å². The number of nitrogens with one attached hydrogen (secondary N) is 1. The Hall–Kier alpha value is -0.750. The number of hydrogen-bond acceptors (Lipinski definition) is 2. The van der Waals surface area contributed by atoms with Crippen LogP contribution in [0.2, 0.25) is 0 Å². The van der Waals surface area contributed by atoms with E-state index in [0.717, 1.165) is 18.6 Å². The summed E-state index contributed by atoms with van der Waals surface area (Å²) in [6.45, 7) is 4.17. The first-order valence-corrected chi connectivity index (χ1v) is 7.11. The highest BCUT2D eigenvalue weighted by molar-refractivity contribution is 9.10. The molecule has 1 N–H and O–H groups in total. The molecule has 0 spiro atoms. The van der Waals surface area contributed by atoms with Crippen molar-refractivity contribution in [1.82, 2.24) is 0 Å². The lowest BCUT2D eigenvalue weighted by Gasteiger charge is -2.51. The first-order valence-electron chi connectivity index (χ1n) is 6.32. The molecule has 1 fully saturated rings. The Kier molecular flexibility index (Phi) is 4.08. The van der Waals surface area contributed by atoms with E-state index in [9.17, 15) is 13.2 Å². The molecule has 1 aliphatic rings. The second kappa shape index (κ2) is 5.22. The predicted molar refractivity (Wildman–Crippen MR) is 75.7 cm³/mol. The fraction of sp³-hybridized carbons (Fsp3) is 0.571. The predicted octanol–water partition coefficient (Wildman–Crippen LogP) is 4.69. The Balaban J connectivity index is 2.12. The average molecular weight is 352 g/mol. The third-order valence-electron chi connectivity index (χ3n) is 4.09. The average Bonchev–Trinajstić information content (AvgIpc) is 2.34. The van der Waals surface area contributed by atoms with Gasteiger partial charge in [-0.3, -0.25) is 0 Å². The van der Waals surface area contributed by atoms with E-state index in [0.29, 0.717) is 10.2 Å². The van der Waals surface area contributed by atoms with Crippen molar-refractivity contribution in [2.75, 3.05) is 12.4 Å². The standard InChI is InChI=1S/C14H17BrF3NO/c1-13(2)11(7-12(13)20-3)19-10-5-4-8(6-9(10)15)14(16,17)18/h4-6,11-12,19H,7H2,1-3H3. The molecular weight excluding hydrogens is 335 g/mol. The van der Waals surface area contributed by atoms with Gasteiger partial charge in [-0.15, -0.1) is 0 Å². The third kappa shape index (κ3) is 2.81. The molecule has 1 aromatic rings. The minimum absolute atomic E-state index is 0.0448. The summed E-state index contributed by atoms with van der Waals surface area (Å²) in [5.41, 5.74) is -0.0279. The van der Waals surface area contributed by atoms with E-state index in [1.54, 1.807) is 7.11 Å². The van der Waals surface area contributed by atoms with Crippen molar-refractivity contribution in [2.24, 2.45) is 5.41 Å². The summed E-state index contributed by atoms with van der Waals surface area (Å²) in [7, 11) is 1.68. The first kappa shape index (κ1) is 15.6. The molecule has 0 saturated heterocycles. The monoisotopic (exact) mass is 351 g/mol. The fourth-order valence-corrected chi connectivity index (χ4v) is 3.02. The number of rotatable bonds is 3. The van der Waals surface area contributed by atoms with Crippen LogP contribution in [0.25, 0.3) is 0 Å². The molecule has 2 nitrogen and oxygen atoms in total. The molecule has 0 aromatic heterocycles. The topological polar surface area (TPSA) is 21.3 Å². The highest BCUT2D eigenvalue weighted by Gasteiger charge is 2.48. The van der Waals surface area contributed by atoms with E-state index in [1.165, 1.54) is 6.07 Å². The van der Waals surface area contributed by atoms with Gasteiger partial charge in [-0.25, -0.2) is 0 Å². The van der Waals surface area contributed by atoms with Gasteiger partial charge in [0.05, 0.1) is 11.7 Å². The minimum atomic E-state index is -4.32. The van der Waals surface area contributed by atoms with Gasteiger partial charge in [0.2, 0.25) is 0 Å². The Morgan fingerprint density at radius 2 is 2.00 bits per heavy atom. The van der Waals surface area contributed by atoms with Crippen molar-refractivity contribution in [2.45, 2.75) is 38.6 Å². The van der Waals surface area contributed by atoms with Crippen molar-refractivity contribution in [3.63, 3.8) is 0 Å². The Bertz CT molecular complexity index is 502. The molecule has 112 valence electrons. The second-order valence-corrected chi connectivity index (χ2v) is 6.53. The molecule has 0 heterocycles. The lowest BCUT2D eigenvalue weighted by molar-refractivity contribution is -0.137. The van der Waals surface area contributed by atoms with E-state index in [-0.39, 0.29) is 17.6 Å². The molecule has 2 unspecified atom stereocenters. The summed E-state index contributed by atoms with van der Waals surface area (Å²) in [6.07, 6.45) is -3.30. The van der Waals surface area contributed by atoms with Gasteiger partial charge >= 0.3 is 6.18 Å². The van der Waals surface area contributed by atoms with Crippen molar-refractivity contribution in [3.8, 4) is 0 Å². The van der Waals surface area contributed by atoms with Crippen LogP contribution >= 0.6 is 15.9 Å². The van der Waals surface area contributed by atoms with Crippen LogP contribution in [0.5, 0.6) is 0 Å². The molecule has 1 aliphatic carbocycles. The molecule has 6 heteroatoms. The third-order valence-corrected chi connectivity index (χ3v) is 4.74. The SMILES string of the molecule is COC1CC(Nc2ccc(C(F)(F)F)cc2Br)C1(C)C. The van der Waals surface area contributed by atoms with Crippen LogP contribution < -0.4 is 5.32 Å². The number of ether oxygens (including phenoxy) is 1. The number of benzene rings is 1. The van der Waals surface area contributed by atoms with Gasteiger partial charge in [0.25, 0.3) is 0 Å². The maximum absolute atomic E-state index is 12.6. The second-order valence-electron chi connectivity index (χ2n) is 5.67. The number of alkyl halides is 3. The van der Waals surface area contributed by atoms with Gasteiger partial charge in [0.15, 0.2) is 0 Å². The summed E-state index contributed by atoms with van der Waals surface area (Å²) >= 11 is 3.20. The lowest BCUT2D eigenvalue weighted by Crippen LogP contribution is -2.57. The Morgan fingerprint density at radius 3 is 2.45 bits per heavy atom.